The van der Waals surface area contributed by atoms with E-state index in [-0.39, 0.29) is 12.0 Å². The Bertz CT molecular complexity index is 542. The summed E-state index contributed by atoms with van der Waals surface area (Å²) in [4.78, 5) is 12.2. The zero-order chi connectivity index (χ0) is 13.7. The van der Waals surface area contributed by atoms with Crippen LogP contribution in [0.2, 0.25) is 0 Å². The molecular weight excluding hydrogens is 248 g/mol. The van der Waals surface area contributed by atoms with Gasteiger partial charge in [0.25, 0.3) is 0 Å². The molecule has 8 heteroatoms. The Morgan fingerprint density at radius 1 is 1.26 bits per heavy atom. The van der Waals surface area contributed by atoms with Crippen LogP contribution < -0.4 is 14.8 Å². The van der Waals surface area contributed by atoms with Crippen molar-refractivity contribution in [1.82, 2.24) is 25.1 Å². The van der Waals surface area contributed by atoms with Gasteiger partial charge in [-0.15, -0.1) is 10.1 Å². The van der Waals surface area contributed by atoms with Gasteiger partial charge in [-0.2, -0.15) is 9.97 Å². The second-order valence-corrected chi connectivity index (χ2v) is 3.85. The lowest BCUT2D eigenvalue weighted by molar-refractivity contribution is 0.357. The molecule has 0 atom stereocenters. The zero-order valence-electron chi connectivity index (χ0n) is 11.1. The Kier molecular flexibility index (Phi) is 4.11. The van der Waals surface area contributed by atoms with Crippen LogP contribution in [0.25, 0.3) is 0 Å². The molecule has 0 saturated carbocycles. The number of hydrogen-bond donors (Lipinski definition) is 2. The molecule has 8 nitrogen and oxygen atoms in total. The van der Waals surface area contributed by atoms with Crippen LogP contribution in [-0.2, 0) is 0 Å². The van der Waals surface area contributed by atoms with Crippen molar-refractivity contribution in [1.29, 1.82) is 0 Å². The number of aromatic amines is 1. The SMILES string of the molecule is CCCNc1nc(OC)nc(Oc2cc(C)[nH]n2)n1. The summed E-state index contributed by atoms with van der Waals surface area (Å²) >= 11 is 0. The Morgan fingerprint density at radius 2 is 2.05 bits per heavy atom. The molecule has 0 unspecified atom stereocenters. The minimum atomic E-state index is 0.136. The van der Waals surface area contributed by atoms with Crippen LogP contribution in [0.5, 0.6) is 17.9 Å². The highest BCUT2D eigenvalue weighted by Crippen LogP contribution is 2.18. The molecule has 0 saturated heterocycles. The van der Waals surface area contributed by atoms with Crippen LogP contribution >= 0.6 is 0 Å². The monoisotopic (exact) mass is 264 g/mol. The molecule has 102 valence electrons. The molecule has 0 bridgehead atoms. The molecule has 0 radical (unpaired) electrons. The second-order valence-electron chi connectivity index (χ2n) is 3.85. The molecule has 2 heterocycles. The number of ether oxygens (including phenoxy) is 2. The van der Waals surface area contributed by atoms with Crippen LogP contribution in [0.1, 0.15) is 19.0 Å². The van der Waals surface area contributed by atoms with E-state index in [1.165, 1.54) is 7.11 Å². The third kappa shape index (κ3) is 3.54. The number of rotatable bonds is 6. The first kappa shape index (κ1) is 13.1. The summed E-state index contributed by atoms with van der Waals surface area (Å²) in [5.74, 6) is 0.808. The van der Waals surface area contributed by atoms with Crippen molar-refractivity contribution < 1.29 is 9.47 Å². The van der Waals surface area contributed by atoms with Crippen molar-refractivity contribution in [3.8, 4) is 17.9 Å². The van der Waals surface area contributed by atoms with Gasteiger partial charge in [0.05, 0.1) is 7.11 Å². The maximum absolute atomic E-state index is 5.44. The summed E-state index contributed by atoms with van der Waals surface area (Å²) in [5, 5.41) is 9.77. The van der Waals surface area contributed by atoms with Gasteiger partial charge >= 0.3 is 12.0 Å². The molecule has 0 aromatic carbocycles. The van der Waals surface area contributed by atoms with Gasteiger partial charge in [0.1, 0.15) is 0 Å². The number of nitrogens with zero attached hydrogens (tertiary/aromatic N) is 4. The predicted molar refractivity (Wildman–Crippen MR) is 68.6 cm³/mol. The smallest absolute Gasteiger partial charge is 0.331 e. The Balaban J connectivity index is 2.18. The summed E-state index contributed by atoms with van der Waals surface area (Å²) in [6, 6.07) is 2.07. The van der Waals surface area contributed by atoms with Gasteiger partial charge in [0, 0.05) is 18.3 Å². The molecule has 2 aromatic rings. The van der Waals surface area contributed by atoms with E-state index in [1.807, 2.05) is 6.92 Å². The van der Waals surface area contributed by atoms with Crippen molar-refractivity contribution in [2.45, 2.75) is 20.3 Å². The second kappa shape index (κ2) is 5.98. The Morgan fingerprint density at radius 3 is 2.68 bits per heavy atom. The molecule has 0 fully saturated rings. The number of H-pyrrole nitrogens is 1. The predicted octanol–water partition coefficient (Wildman–Crippen LogP) is 1.53. The lowest BCUT2D eigenvalue weighted by atomic mass is 10.5. The van der Waals surface area contributed by atoms with E-state index in [0.717, 1.165) is 18.7 Å². The summed E-state index contributed by atoms with van der Waals surface area (Å²) < 4.78 is 10.4. The minimum absolute atomic E-state index is 0.136. The van der Waals surface area contributed by atoms with Crippen molar-refractivity contribution in [2.24, 2.45) is 0 Å². The first-order chi connectivity index (χ1) is 9.21. The van der Waals surface area contributed by atoms with E-state index < -0.39 is 0 Å². The molecule has 0 amide bonds. The van der Waals surface area contributed by atoms with E-state index in [4.69, 9.17) is 9.47 Å². The molecule has 19 heavy (non-hydrogen) atoms. The maximum Gasteiger partial charge on any atom is 0.331 e. The standard InChI is InChI=1S/C11H16N6O2/c1-4-5-12-9-13-10(18-3)15-11(14-9)19-8-6-7(2)16-17-8/h6H,4-5H2,1-3H3,(H,16,17)(H,12,13,14,15). The van der Waals surface area contributed by atoms with Crippen molar-refractivity contribution in [2.75, 3.05) is 19.0 Å². The number of aromatic nitrogens is 5. The fourth-order valence-electron chi connectivity index (χ4n) is 1.33. The van der Waals surface area contributed by atoms with E-state index in [0.29, 0.717) is 11.8 Å². The van der Waals surface area contributed by atoms with Gasteiger partial charge in [-0.05, 0) is 13.3 Å². The quantitative estimate of drug-likeness (QED) is 0.816. The minimum Gasteiger partial charge on any atom is -0.467 e. The van der Waals surface area contributed by atoms with Crippen LogP contribution in [0, 0.1) is 6.92 Å². The topological polar surface area (TPSA) is 97.8 Å². The van der Waals surface area contributed by atoms with E-state index in [9.17, 15) is 0 Å². The van der Waals surface area contributed by atoms with E-state index in [2.05, 4.69) is 37.4 Å². The summed E-state index contributed by atoms with van der Waals surface area (Å²) in [5.41, 5.74) is 0.889. The number of anilines is 1. The number of methoxy groups -OCH3 is 1. The van der Waals surface area contributed by atoms with Gasteiger partial charge in [0.15, 0.2) is 0 Å². The molecule has 0 aliphatic carbocycles. The average Bonchev–Trinajstić information content (AvgIpc) is 2.81. The van der Waals surface area contributed by atoms with Gasteiger partial charge < -0.3 is 14.8 Å². The highest BCUT2D eigenvalue weighted by atomic mass is 16.5. The maximum atomic E-state index is 5.44. The molecule has 0 aliphatic rings. The van der Waals surface area contributed by atoms with Gasteiger partial charge in [-0.3, -0.25) is 5.10 Å². The number of nitrogens with one attached hydrogen (secondary N) is 2. The molecular formula is C11H16N6O2. The van der Waals surface area contributed by atoms with Gasteiger partial charge in [0.2, 0.25) is 11.8 Å². The molecule has 2 N–H and O–H groups in total. The largest absolute Gasteiger partial charge is 0.467 e. The van der Waals surface area contributed by atoms with Crippen molar-refractivity contribution in [3.05, 3.63) is 11.8 Å². The molecule has 2 rings (SSSR count). The Labute approximate surface area is 110 Å². The highest BCUT2D eigenvalue weighted by Gasteiger charge is 2.10. The van der Waals surface area contributed by atoms with Gasteiger partial charge in [-0.25, -0.2) is 0 Å². The summed E-state index contributed by atoms with van der Waals surface area (Å²) in [6.07, 6.45) is 0.961. The van der Waals surface area contributed by atoms with Crippen LogP contribution in [-0.4, -0.2) is 38.8 Å². The lowest BCUT2D eigenvalue weighted by Gasteiger charge is -2.06. The average molecular weight is 264 g/mol. The third-order valence-corrected chi connectivity index (χ3v) is 2.19. The first-order valence-corrected chi connectivity index (χ1v) is 5.95. The number of aryl methyl sites for hydroxylation is 1. The molecule has 2 aromatic heterocycles. The van der Waals surface area contributed by atoms with Crippen molar-refractivity contribution >= 4 is 5.95 Å². The van der Waals surface area contributed by atoms with Crippen LogP contribution in [0.15, 0.2) is 6.07 Å². The highest BCUT2D eigenvalue weighted by molar-refractivity contribution is 5.28. The fourth-order valence-corrected chi connectivity index (χ4v) is 1.33. The summed E-state index contributed by atoms with van der Waals surface area (Å²) in [6.45, 7) is 4.69. The summed E-state index contributed by atoms with van der Waals surface area (Å²) in [7, 11) is 1.49. The molecule has 0 spiro atoms. The Hall–Kier alpha value is -2.38. The third-order valence-electron chi connectivity index (χ3n) is 2.19. The normalized spacial score (nSPS) is 10.3. The number of hydrogen-bond acceptors (Lipinski definition) is 7. The van der Waals surface area contributed by atoms with E-state index in [1.54, 1.807) is 6.07 Å². The lowest BCUT2D eigenvalue weighted by Crippen LogP contribution is -2.07. The zero-order valence-corrected chi connectivity index (χ0v) is 11.1. The van der Waals surface area contributed by atoms with Crippen LogP contribution in [0.4, 0.5) is 5.95 Å². The van der Waals surface area contributed by atoms with Gasteiger partial charge in [-0.1, -0.05) is 6.92 Å². The first-order valence-electron chi connectivity index (χ1n) is 5.95. The van der Waals surface area contributed by atoms with Crippen molar-refractivity contribution in [3.63, 3.8) is 0 Å². The van der Waals surface area contributed by atoms with E-state index >= 15 is 0 Å². The fraction of sp³-hybridized carbons (Fsp3) is 0.455. The van der Waals surface area contributed by atoms with Crippen LogP contribution in [0.3, 0.4) is 0 Å². The molecule has 0 aliphatic heterocycles.